The fraction of sp³-hybridized carbons (Fsp3) is 0.316. The van der Waals surface area contributed by atoms with E-state index in [2.05, 4.69) is 4.98 Å². The Balaban J connectivity index is 2.55. The third kappa shape index (κ3) is 2.45. The molecule has 0 aliphatic carbocycles. The van der Waals surface area contributed by atoms with Gasteiger partial charge in [0.1, 0.15) is 17.1 Å². The zero-order valence-electron chi connectivity index (χ0n) is 14.8. The van der Waals surface area contributed by atoms with Crippen LogP contribution >= 0.6 is 0 Å². The fourth-order valence-corrected chi connectivity index (χ4v) is 3.37. The van der Waals surface area contributed by atoms with Crippen LogP contribution in [0.4, 0.5) is 0 Å². The first-order valence-corrected chi connectivity index (χ1v) is 8.01. The molecule has 0 atom stereocenters. The number of nitrogens with zero attached hydrogens (tertiary/aromatic N) is 1. The average Bonchev–Trinajstić information content (AvgIpc) is 2.83. The second-order valence-corrected chi connectivity index (χ2v) is 5.99. The van der Waals surface area contributed by atoms with Gasteiger partial charge in [0.25, 0.3) is 0 Å². The van der Waals surface area contributed by atoms with Crippen LogP contribution in [0.5, 0.6) is 5.75 Å². The Kier molecular flexibility index (Phi) is 3.99. The van der Waals surface area contributed by atoms with Crippen molar-refractivity contribution >= 4 is 33.5 Å². The molecular formula is C19H19NO5. The van der Waals surface area contributed by atoms with E-state index >= 15 is 0 Å². The molecule has 0 saturated heterocycles. The van der Waals surface area contributed by atoms with Gasteiger partial charge in [-0.3, -0.25) is 9.78 Å². The largest absolute Gasteiger partial charge is 0.507 e. The van der Waals surface area contributed by atoms with Gasteiger partial charge >= 0.3 is 5.97 Å². The maximum Gasteiger partial charge on any atom is 0.340 e. The highest BCUT2D eigenvalue weighted by Crippen LogP contribution is 2.40. The summed E-state index contributed by atoms with van der Waals surface area (Å²) in [6, 6.07) is 1.46. The third-order valence-electron chi connectivity index (χ3n) is 4.28. The number of phenols is 1. The van der Waals surface area contributed by atoms with Crippen LogP contribution < -0.4 is 0 Å². The number of pyridine rings is 1. The first-order chi connectivity index (χ1) is 11.8. The summed E-state index contributed by atoms with van der Waals surface area (Å²) in [6.45, 7) is 8.53. The SMILES string of the molecule is CCOC(=O)c1c(C)nc(C)c2c1c(O)cc1c(C(C)=O)c(C)oc12. The highest BCUT2D eigenvalue weighted by molar-refractivity contribution is 6.20. The van der Waals surface area contributed by atoms with E-state index in [4.69, 9.17) is 9.15 Å². The van der Waals surface area contributed by atoms with Crippen LogP contribution in [0.3, 0.4) is 0 Å². The molecule has 2 aromatic heterocycles. The molecule has 25 heavy (non-hydrogen) atoms. The van der Waals surface area contributed by atoms with Gasteiger partial charge in [0.05, 0.1) is 28.8 Å². The lowest BCUT2D eigenvalue weighted by molar-refractivity contribution is 0.0527. The minimum Gasteiger partial charge on any atom is -0.507 e. The van der Waals surface area contributed by atoms with Crippen LogP contribution in [0.2, 0.25) is 0 Å². The van der Waals surface area contributed by atoms with Gasteiger partial charge in [0, 0.05) is 16.5 Å². The van der Waals surface area contributed by atoms with Crippen molar-refractivity contribution in [3.63, 3.8) is 0 Å². The van der Waals surface area contributed by atoms with Gasteiger partial charge in [0.15, 0.2) is 5.78 Å². The molecule has 130 valence electrons. The lowest BCUT2D eigenvalue weighted by Crippen LogP contribution is -2.10. The molecule has 0 aliphatic heterocycles. The molecular weight excluding hydrogens is 322 g/mol. The minimum atomic E-state index is -0.554. The smallest absolute Gasteiger partial charge is 0.340 e. The summed E-state index contributed by atoms with van der Waals surface area (Å²) in [4.78, 5) is 28.8. The molecule has 6 heteroatoms. The van der Waals surface area contributed by atoms with Crippen LogP contribution in [0.25, 0.3) is 21.7 Å². The van der Waals surface area contributed by atoms with Crippen molar-refractivity contribution < 1.29 is 23.8 Å². The van der Waals surface area contributed by atoms with Crippen molar-refractivity contribution in [1.29, 1.82) is 0 Å². The molecule has 3 aromatic rings. The highest BCUT2D eigenvalue weighted by Gasteiger charge is 2.25. The summed E-state index contributed by atoms with van der Waals surface area (Å²) in [6.07, 6.45) is 0. The van der Waals surface area contributed by atoms with Crippen molar-refractivity contribution in [2.24, 2.45) is 0 Å². The van der Waals surface area contributed by atoms with E-state index in [1.807, 2.05) is 0 Å². The van der Waals surface area contributed by atoms with E-state index in [9.17, 15) is 14.7 Å². The summed E-state index contributed by atoms with van der Waals surface area (Å²) >= 11 is 0. The Morgan fingerprint density at radius 1 is 1.16 bits per heavy atom. The van der Waals surface area contributed by atoms with Crippen molar-refractivity contribution in [2.75, 3.05) is 6.61 Å². The van der Waals surface area contributed by atoms with Crippen molar-refractivity contribution in [1.82, 2.24) is 4.98 Å². The summed E-state index contributed by atoms with van der Waals surface area (Å²) in [5.41, 5.74) is 2.13. The first kappa shape index (κ1) is 17.0. The molecule has 0 bridgehead atoms. The number of ketones is 1. The van der Waals surface area contributed by atoms with E-state index in [-0.39, 0.29) is 23.7 Å². The molecule has 0 aliphatic rings. The molecule has 0 fully saturated rings. The van der Waals surface area contributed by atoms with Gasteiger partial charge in [-0.05, 0) is 40.7 Å². The third-order valence-corrected chi connectivity index (χ3v) is 4.28. The second kappa shape index (κ2) is 5.88. The maximum absolute atomic E-state index is 12.4. The van der Waals surface area contributed by atoms with Crippen molar-refractivity contribution in [2.45, 2.75) is 34.6 Å². The number of carbonyl (C=O) groups excluding carboxylic acids is 2. The number of hydrogen-bond donors (Lipinski definition) is 1. The number of aryl methyl sites for hydroxylation is 3. The second-order valence-electron chi connectivity index (χ2n) is 5.99. The Morgan fingerprint density at radius 2 is 1.84 bits per heavy atom. The lowest BCUT2D eigenvalue weighted by atomic mass is 9.97. The topological polar surface area (TPSA) is 89.6 Å². The van der Waals surface area contributed by atoms with Crippen molar-refractivity contribution in [3.8, 4) is 5.75 Å². The Bertz CT molecular complexity index is 1050. The lowest BCUT2D eigenvalue weighted by Gasteiger charge is -2.13. The first-order valence-electron chi connectivity index (χ1n) is 8.01. The molecule has 0 radical (unpaired) electrons. The molecule has 0 spiro atoms. The highest BCUT2D eigenvalue weighted by atomic mass is 16.5. The fourth-order valence-electron chi connectivity index (χ4n) is 3.37. The van der Waals surface area contributed by atoms with Gasteiger partial charge in [-0.25, -0.2) is 4.79 Å². The number of carbonyl (C=O) groups is 2. The number of aromatic hydroxyl groups is 1. The minimum absolute atomic E-state index is 0.109. The summed E-state index contributed by atoms with van der Waals surface area (Å²) in [7, 11) is 0. The van der Waals surface area contributed by atoms with E-state index in [0.29, 0.717) is 44.5 Å². The molecule has 0 amide bonds. The van der Waals surface area contributed by atoms with E-state index in [1.165, 1.54) is 13.0 Å². The molecule has 0 unspecified atom stereocenters. The molecule has 1 aromatic carbocycles. The van der Waals surface area contributed by atoms with Crippen LogP contribution in [-0.4, -0.2) is 28.4 Å². The molecule has 3 rings (SSSR count). The van der Waals surface area contributed by atoms with Crippen molar-refractivity contribution in [3.05, 3.63) is 34.3 Å². The number of furan rings is 1. The van der Waals surface area contributed by atoms with Crippen LogP contribution in [-0.2, 0) is 4.74 Å². The van der Waals surface area contributed by atoms with Gasteiger partial charge < -0.3 is 14.3 Å². The number of esters is 1. The maximum atomic E-state index is 12.4. The van der Waals surface area contributed by atoms with Crippen LogP contribution in [0, 0.1) is 20.8 Å². The number of Topliss-reactive ketones (excluding diaryl/α,β-unsaturated/α-hetero) is 1. The van der Waals surface area contributed by atoms with Gasteiger partial charge in [-0.15, -0.1) is 0 Å². The number of fused-ring (bicyclic) bond motifs is 3. The van der Waals surface area contributed by atoms with Crippen LogP contribution in [0.1, 0.15) is 51.7 Å². The number of hydrogen-bond acceptors (Lipinski definition) is 6. The number of ether oxygens (including phenoxy) is 1. The predicted octanol–water partition coefficient (Wildman–Crippen LogP) is 3.99. The molecule has 6 nitrogen and oxygen atoms in total. The number of benzene rings is 1. The Morgan fingerprint density at radius 3 is 2.44 bits per heavy atom. The number of aromatic nitrogens is 1. The molecule has 2 heterocycles. The monoisotopic (exact) mass is 341 g/mol. The molecule has 0 saturated carbocycles. The zero-order valence-corrected chi connectivity index (χ0v) is 14.8. The number of rotatable bonds is 3. The van der Waals surface area contributed by atoms with E-state index in [0.717, 1.165) is 0 Å². The average molecular weight is 341 g/mol. The summed E-state index contributed by atoms with van der Waals surface area (Å²) in [5, 5.41) is 12.0. The van der Waals surface area contributed by atoms with Gasteiger partial charge in [-0.1, -0.05) is 0 Å². The van der Waals surface area contributed by atoms with E-state index < -0.39 is 5.97 Å². The Hall–Kier alpha value is -2.89. The summed E-state index contributed by atoms with van der Waals surface area (Å²) < 4.78 is 10.9. The quantitative estimate of drug-likeness (QED) is 0.572. The normalized spacial score (nSPS) is 11.2. The van der Waals surface area contributed by atoms with Crippen LogP contribution in [0.15, 0.2) is 10.5 Å². The molecule has 1 N–H and O–H groups in total. The van der Waals surface area contributed by atoms with Gasteiger partial charge in [0.2, 0.25) is 0 Å². The standard InChI is InChI=1S/C19H19NO5/c1-6-24-19(23)15-9(3)20-8(2)14-17(15)13(22)7-12-16(10(4)21)11(5)25-18(12)14/h7,22H,6H2,1-5H3. The van der Waals surface area contributed by atoms with E-state index in [1.54, 1.807) is 27.7 Å². The zero-order chi connectivity index (χ0) is 18.5. The summed E-state index contributed by atoms with van der Waals surface area (Å²) in [5.74, 6) is -0.352. The number of phenolic OH excluding ortho intramolecular Hbond substituents is 1. The Labute approximate surface area is 144 Å². The predicted molar refractivity (Wildman–Crippen MR) is 93.4 cm³/mol. The van der Waals surface area contributed by atoms with Gasteiger partial charge in [-0.2, -0.15) is 0 Å².